The van der Waals surface area contributed by atoms with Crippen LogP contribution in [-0.4, -0.2) is 18.6 Å². The number of ether oxygens (including phenoxy) is 1. The highest BCUT2D eigenvalue weighted by Crippen LogP contribution is 2.32. The number of hydrazine groups is 1. The van der Waals surface area contributed by atoms with Gasteiger partial charge in [-0.25, -0.2) is 5.43 Å². The minimum Gasteiger partial charge on any atom is -0.496 e. The maximum absolute atomic E-state index is 12.0. The number of rotatable bonds is 2. The highest BCUT2D eigenvalue weighted by atomic mass is 16.5. The molecule has 0 atom stereocenters. The largest absolute Gasteiger partial charge is 0.496 e. The van der Waals surface area contributed by atoms with Crippen molar-refractivity contribution in [2.75, 3.05) is 7.11 Å². The van der Waals surface area contributed by atoms with Gasteiger partial charge in [0.05, 0.1) is 12.6 Å². The van der Waals surface area contributed by atoms with Gasteiger partial charge in [-0.05, 0) is 36.8 Å². The predicted molar refractivity (Wildman–Crippen MR) is 83.8 cm³/mol. The summed E-state index contributed by atoms with van der Waals surface area (Å²) < 4.78 is 5.47. The van der Waals surface area contributed by atoms with E-state index in [0.717, 1.165) is 22.1 Å². The van der Waals surface area contributed by atoms with E-state index in [-0.39, 0.29) is 5.91 Å². The normalized spacial score (nSPS) is 19.0. The highest BCUT2D eigenvalue weighted by Gasteiger charge is 2.35. The summed E-state index contributed by atoms with van der Waals surface area (Å²) in [6.07, 6.45) is 1.91. The van der Waals surface area contributed by atoms with Crippen molar-refractivity contribution in [3.05, 3.63) is 47.5 Å². The fraction of sp³-hybridized carbons (Fsp3) is 0.235. The first-order valence-corrected chi connectivity index (χ1v) is 6.88. The average molecular weight is 282 g/mol. The Bertz CT molecular complexity index is 748. The Labute approximate surface area is 123 Å². The summed E-state index contributed by atoms with van der Waals surface area (Å²) in [6, 6.07) is 12.0. The summed E-state index contributed by atoms with van der Waals surface area (Å²) in [6.45, 7) is 3.93. The van der Waals surface area contributed by atoms with Crippen molar-refractivity contribution in [3.8, 4) is 5.75 Å². The summed E-state index contributed by atoms with van der Waals surface area (Å²) in [5, 5.41) is 2.19. The molecule has 1 amide bonds. The van der Waals surface area contributed by atoms with Gasteiger partial charge in [-0.2, -0.15) is 0 Å². The first-order chi connectivity index (χ1) is 10.0. The first-order valence-electron chi connectivity index (χ1n) is 6.88. The van der Waals surface area contributed by atoms with Gasteiger partial charge in [0.1, 0.15) is 5.75 Å². The minimum atomic E-state index is -0.418. The Hall–Kier alpha value is -2.33. The number of methoxy groups -OCH3 is 1. The van der Waals surface area contributed by atoms with E-state index in [1.165, 1.54) is 0 Å². The van der Waals surface area contributed by atoms with Gasteiger partial charge in [-0.3, -0.25) is 10.2 Å². The van der Waals surface area contributed by atoms with Gasteiger partial charge < -0.3 is 4.74 Å². The van der Waals surface area contributed by atoms with E-state index in [9.17, 15) is 4.79 Å². The topological polar surface area (TPSA) is 50.4 Å². The molecular weight excluding hydrogens is 264 g/mol. The molecule has 3 rings (SSSR count). The minimum absolute atomic E-state index is 0.102. The number of amides is 1. The zero-order valence-corrected chi connectivity index (χ0v) is 12.4. The van der Waals surface area contributed by atoms with Crippen LogP contribution in [0.2, 0.25) is 0 Å². The van der Waals surface area contributed by atoms with E-state index in [2.05, 4.69) is 16.9 Å². The third kappa shape index (κ3) is 2.28. The van der Waals surface area contributed by atoms with Crippen LogP contribution in [0.15, 0.2) is 42.0 Å². The van der Waals surface area contributed by atoms with Gasteiger partial charge in [0.2, 0.25) is 0 Å². The number of hydrogen-bond acceptors (Lipinski definition) is 3. The monoisotopic (exact) mass is 282 g/mol. The molecule has 4 heteroatoms. The zero-order chi connectivity index (χ0) is 15.0. The van der Waals surface area contributed by atoms with Crippen LogP contribution in [0.25, 0.3) is 16.8 Å². The molecule has 2 aromatic carbocycles. The van der Waals surface area contributed by atoms with Crippen molar-refractivity contribution in [2.45, 2.75) is 19.4 Å². The Morgan fingerprint density at radius 1 is 1.14 bits per heavy atom. The summed E-state index contributed by atoms with van der Waals surface area (Å²) in [4.78, 5) is 12.0. The summed E-state index contributed by atoms with van der Waals surface area (Å²) >= 11 is 0. The highest BCUT2D eigenvalue weighted by molar-refractivity contribution is 6.05. The van der Waals surface area contributed by atoms with E-state index < -0.39 is 5.54 Å². The fourth-order valence-corrected chi connectivity index (χ4v) is 2.62. The summed E-state index contributed by atoms with van der Waals surface area (Å²) in [5.74, 6) is 0.659. The average Bonchev–Trinajstić information content (AvgIpc) is 2.74. The Morgan fingerprint density at radius 2 is 1.90 bits per heavy atom. The van der Waals surface area contributed by atoms with Crippen molar-refractivity contribution >= 4 is 22.8 Å². The number of carbonyl (C=O) groups excluding carboxylic acids is 1. The number of nitrogens with one attached hydrogen (secondary N) is 2. The zero-order valence-electron chi connectivity index (χ0n) is 12.4. The molecule has 21 heavy (non-hydrogen) atoms. The summed E-state index contributed by atoms with van der Waals surface area (Å²) in [7, 11) is 1.64. The molecule has 0 bridgehead atoms. The van der Waals surface area contributed by atoms with Gasteiger partial charge in [0.15, 0.2) is 0 Å². The quantitative estimate of drug-likeness (QED) is 0.833. The smallest absolute Gasteiger partial charge is 0.263 e. The maximum atomic E-state index is 12.0. The molecule has 1 heterocycles. The molecule has 0 saturated carbocycles. The molecule has 2 aromatic rings. The van der Waals surface area contributed by atoms with Crippen LogP contribution in [0, 0.1) is 0 Å². The second-order valence-corrected chi connectivity index (χ2v) is 5.66. The van der Waals surface area contributed by atoms with Gasteiger partial charge >= 0.3 is 0 Å². The number of benzene rings is 2. The Kier molecular flexibility index (Phi) is 3.18. The number of hydrogen-bond donors (Lipinski definition) is 2. The molecule has 1 fully saturated rings. The second kappa shape index (κ2) is 4.90. The first kappa shape index (κ1) is 13.6. The maximum Gasteiger partial charge on any atom is 0.263 e. The SMILES string of the molecule is COc1ccc2ccccc2c1/C=C1\C(=O)NNC1(C)C. The van der Waals surface area contributed by atoms with Crippen LogP contribution in [-0.2, 0) is 4.79 Å². The van der Waals surface area contributed by atoms with E-state index in [4.69, 9.17) is 4.74 Å². The van der Waals surface area contributed by atoms with Gasteiger partial charge in [-0.1, -0.05) is 30.3 Å². The molecule has 2 N–H and O–H groups in total. The van der Waals surface area contributed by atoms with Crippen LogP contribution < -0.4 is 15.6 Å². The van der Waals surface area contributed by atoms with Crippen LogP contribution in [0.4, 0.5) is 0 Å². The lowest BCUT2D eigenvalue weighted by Crippen LogP contribution is -2.38. The van der Waals surface area contributed by atoms with Crippen LogP contribution >= 0.6 is 0 Å². The van der Waals surface area contributed by atoms with Crippen molar-refractivity contribution < 1.29 is 9.53 Å². The van der Waals surface area contributed by atoms with Crippen molar-refractivity contribution in [1.29, 1.82) is 0 Å². The van der Waals surface area contributed by atoms with Crippen molar-refractivity contribution in [3.63, 3.8) is 0 Å². The number of fused-ring (bicyclic) bond motifs is 1. The van der Waals surface area contributed by atoms with Crippen LogP contribution in [0.3, 0.4) is 0 Å². The van der Waals surface area contributed by atoms with E-state index in [0.29, 0.717) is 5.57 Å². The lowest BCUT2D eigenvalue weighted by atomic mass is 9.92. The van der Waals surface area contributed by atoms with Crippen molar-refractivity contribution in [2.24, 2.45) is 0 Å². The second-order valence-electron chi connectivity index (χ2n) is 5.66. The molecule has 108 valence electrons. The molecule has 1 aliphatic heterocycles. The third-order valence-corrected chi connectivity index (χ3v) is 3.85. The molecule has 0 spiro atoms. The van der Waals surface area contributed by atoms with Crippen LogP contribution in [0.1, 0.15) is 19.4 Å². The predicted octanol–water partition coefficient (Wildman–Crippen LogP) is 2.64. The Morgan fingerprint density at radius 3 is 2.57 bits per heavy atom. The third-order valence-electron chi connectivity index (χ3n) is 3.85. The molecule has 1 saturated heterocycles. The molecule has 0 unspecified atom stereocenters. The van der Waals surface area contributed by atoms with Crippen molar-refractivity contribution in [1.82, 2.24) is 10.9 Å². The lowest BCUT2D eigenvalue weighted by molar-refractivity contribution is -0.116. The van der Waals surface area contributed by atoms with Gasteiger partial charge in [0, 0.05) is 11.1 Å². The van der Waals surface area contributed by atoms with Crippen LogP contribution in [0.5, 0.6) is 5.75 Å². The molecule has 1 aliphatic rings. The van der Waals surface area contributed by atoms with E-state index in [1.54, 1.807) is 7.11 Å². The standard InChI is InChI=1S/C17H18N2O2/c1-17(2)14(16(20)18-19-17)10-13-12-7-5-4-6-11(12)8-9-15(13)21-3/h4-10,19H,1-3H3,(H,18,20)/b14-10+. The lowest BCUT2D eigenvalue weighted by Gasteiger charge is -2.18. The molecular formula is C17H18N2O2. The summed E-state index contributed by atoms with van der Waals surface area (Å²) in [5.41, 5.74) is 6.86. The fourth-order valence-electron chi connectivity index (χ4n) is 2.62. The molecule has 0 aliphatic carbocycles. The molecule has 0 aromatic heterocycles. The Balaban J connectivity index is 2.26. The van der Waals surface area contributed by atoms with Gasteiger partial charge in [-0.15, -0.1) is 0 Å². The van der Waals surface area contributed by atoms with E-state index in [1.807, 2.05) is 50.3 Å². The molecule has 4 nitrogen and oxygen atoms in total. The van der Waals surface area contributed by atoms with E-state index >= 15 is 0 Å². The molecule has 0 radical (unpaired) electrons. The number of carbonyl (C=O) groups is 1. The van der Waals surface area contributed by atoms with Gasteiger partial charge in [0.25, 0.3) is 5.91 Å².